The molecular weight excluding hydrogens is 230 g/mol. The van der Waals surface area contributed by atoms with Gasteiger partial charge in [-0.05, 0) is 0 Å². The van der Waals surface area contributed by atoms with Gasteiger partial charge in [0.1, 0.15) is 6.33 Å². The number of nitrogens with one attached hydrogen (secondary N) is 2. The molecule has 0 aliphatic heterocycles. The third kappa shape index (κ3) is 3.23. The predicted octanol–water partition coefficient (Wildman–Crippen LogP) is -0.808. The van der Waals surface area contributed by atoms with E-state index < -0.39 is 17.6 Å². The molecule has 0 saturated carbocycles. The highest BCUT2D eigenvalue weighted by Gasteiger charge is 2.22. The van der Waals surface area contributed by atoms with E-state index in [4.69, 9.17) is 10.2 Å². The van der Waals surface area contributed by atoms with Crippen molar-refractivity contribution < 1.29 is 15.1 Å². The summed E-state index contributed by atoms with van der Waals surface area (Å²) >= 11 is 0. The summed E-state index contributed by atoms with van der Waals surface area (Å²) in [5.74, 6) is 0.0628. The maximum atomic E-state index is 10.8. The minimum atomic E-state index is -1.01. The average molecular weight is 243 g/mol. The Balaban J connectivity index is 2.94. The summed E-state index contributed by atoms with van der Waals surface area (Å²) in [6.07, 6.45) is 0.148. The summed E-state index contributed by atoms with van der Waals surface area (Å²) < 4.78 is 0. The molecule has 1 rings (SSSR count). The van der Waals surface area contributed by atoms with Gasteiger partial charge in [0.15, 0.2) is 0 Å². The van der Waals surface area contributed by atoms with Gasteiger partial charge in [0.25, 0.3) is 0 Å². The summed E-state index contributed by atoms with van der Waals surface area (Å²) in [6.45, 7) is -0.484. The Labute approximate surface area is 96.7 Å². The van der Waals surface area contributed by atoms with Crippen molar-refractivity contribution in [2.75, 3.05) is 30.8 Å². The Bertz CT molecular complexity index is 400. The number of aliphatic hydroxyl groups excluding tert-OH is 2. The van der Waals surface area contributed by atoms with E-state index in [0.717, 1.165) is 6.33 Å². The standard InChI is InChI=1S/C8H13N5O4/c1-9-7-6(13(16)17)8(12-4-11-7)10-2-5(15)3-14/h4-5,14-15H,2-3H2,1H3,(H2,9,10,11,12). The number of hydrogen-bond acceptors (Lipinski definition) is 8. The van der Waals surface area contributed by atoms with Gasteiger partial charge in [-0.15, -0.1) is 0 Å². The molecule has 9 nitrogen and oxygen atoms in total. The zero-order valence-electron chi connectivity index (χ0n) is 9.12. The Morgan fingerprint density at radius 1 is 1.53 bits per heavy atom. The lowest BCUT2D eigenvalue weighted by molar-refractivity contribution is -0.383. The number of nitrogens with zero attached hydrogens (tertiary/aromatic N) is 3. The van der Waals surface area contributed by atoms with Gasteiger partial charge in [-0.1, -0.05) is 0 Å². The van der Waals surface area contributed by atoms with Crippen LogP contribution in [0.4, 0.5) is 17.3 Å². The first-order valence-electron chi connectivity index (χ1n) is 4.80. The Morgan fingerprint density at radius 2 is 2.18 bits per heavy atom. The van der Waals surface area contributed by atoms with Crippen LogP contribution in [-0.2, 0) is 0 Å². The van der Waals surface area contributed by atoms with Gasteiger partial charge in [-0.25, -0.2) is 9.97 Å². The molecule has 0 bridgehead atoms. The van der Waals surface area contributed by atoms with Gasteiger partial charge in [0.05, 0.1) is 17.6 Å². The van der Waals surface area contributed by atoms with Crippen molar-refractivity contribution in [3.8, 4) is 0 Å². The third-order valence-corrected chi connectivity index (χ3v) is 1.96. The molecule has 17 heavy (non-hydrogen) atoms. The van der Waals surface area contributed by atoms with E-state index in [1.54, 1.807) is 0 Å². The van der Waals surface area contributed by atoms with Crippen LogP contribution in [0, 0.1) is 10.1 Å². The number of nitro groups is 1. The molecule has 1 aromatic rings. The highest BCUT2D eigenvalue weighted by atomic mass is 16.6. The van der Waals surface area contributed by atoms with Crippen molar-refractivity contribution in [1.29, 1.82) is 0 Å². The SMILES string of the molecule is CNc1ncnc(NCC(O)CO)c1[N+](=O)[O-]. The second kappa shape index (κ2) is 5.92. The number of aliphatic hydroxyl groups is 2. The van der Waals surface area contributed by atoms with E-state index in [-0.39, 0.29) is 23.9 Å². The molecule has 0 aliphatic carbocycles. The molecular formula is C8H13N5O4. The highest BCUT2D eigenvalue weighted by molar-refractivity contribution is 5.68. The van der Waals surface area contributed by atoms with Gasteiger partial charge in [0, 0.05) is 13.6 Å². The molecule has 0 spiro atoms. The average Bonchev–Trinajstić information content (AvgIpc) is 2.34. The van der Waals surface area contributed by atoms with Crippen molar-refractivity contribution in [2.24, 2.45) is 0 Å². The first kappa shape index (κ1) is 13.1. The van der Waals surface area contributed by atoms with Crippen molar-refractivity contribution in [3.63, 3.8) is 0 Å². The minimum Gasteiger partial charge on any atom is -0.394 e. The van der Waals surface area contributed by atoms with Crippen LogP contribution in [0.3, 0.4) is 0 Å². The second-order valence-electron chi connectivity index (χ2n) is 3.14. The third-order valence-electron chi connectivity index (χ3n) is 1.96. The Kier molecular flexibility index (Phi) is 4.55. The molecule has 9 heteroatoms. The van der Waals surface area contributed by atoms with Crippen LogP contribution < -0.4 is 10.6 Å². The van der Waals surface area contributed by atoms with Crippen molar-refractivity contribution in [2.45, 2.75) is 6.10 Å². The molecule has 94 valence electrons. The van der Waals surface area contributed by atoms with Gasteiger partial charge < -0.3 is 20.8 Å². The lowest BCUT2D eigenvalue weighted by atomic mass is 10.3. The van der Waals surface area contributed by atoms with Crippen LogP contribution in [-0.4, -0.2) is 51.4 Å². The van der Waals surface area contributed by atoms with Crippen LogP contribution in [0.15, 0.2) is 6.33 Å². The quantitative estimate of drug-likeness (QED) is 0.376. The maximum Gasteiger partial charge on any atom is 0.353 e. The van der Waals surface area contributed by atoms with Gasteiger partial charge >= 0.3 is 5.69 Å². The largest absolute Gasteiger partial charge is 0.394 e. The molecule has 0 aromatic carbocycles. The van der Waals surface area contributed by atoms with Crippen LogP contribution in [0.1, 0.15) is 0 Å². The van der Waals surface area contributed by atoms with Crippen molar-refractivity contribution >= 4 is 17.3 Å². The number of aromatic nitrogens is 2. The smallest absolute Gasteiger partial charge is 0.353 e. The monoisotopic (exact) mass is 243 g/mol. The van der Waals surface area contributed by atoms with E-state index >= 15 is 0 Å². The summed E-state index contributed by atoms with van der Waals surface area (Å²) in [7, 11) is 1.50. The van der Waals surface area contributed by atoms with Crippen LogP contribution in [0.2, 0.25) is 0 Å². The van der Waals surface area contributed by atoms with Gasteiger partial charge in [-0.2, -0.15) is 0 Å². The topological polar surface area (TPSA) is 133 Å². The molecule has 1 unspecified atom stereocenters. The summed E-state index contributed by atoms with van der Waals surface area (Å²) in [5, 5.41) is 33.8. The number of hydrogen-bond donors (Lipinski definition) is 4. The molecule has 0 amide bonds. The van der Waals surface area contributed by atoms with E-state index in [9.17, 15) is 10.1 Å². The summed E-state index contributed by atoms with van der Waals surface area (Å²) in [6, 6.07) is 0. The maximum absolute atomic E-state index is 10.8. The van der Waals surface area contributed by atoms with E-state index in [0.29, 0.717) is 0 Å². The molecule has 0 fully saturated rings. The fraction of sp³-hybridized carbons (Fsp3) is 0.500. The molecule has 4 N–H and O–H groups in total. The first-order valence-corrected chi connectivity index (χ1v) is 4.80. The molecule has 0 saturated heterocycles. The fourth-order valence-corrected chi connectivity index (χ4v) is 1.14. The Morgan fingerprint density at radius 3 is 2.71 bits per heavy atom. The number of anilines is 2. The second-order valence-corrected chi connectivity index (χ2v) is 3.14. The molecule has 0 radical (unpaired) electrons. The van der Waals surface area contributed by atoms with Gasteiger partial charge in [0.2, 0.25) is 11.6 Å². The molecule has 1 aromatic heterocycles. The van der Waals surface area contributed by atoms with E-state index in [1.807, 2.05) is 0 Å². The fourth-order valence-electron chi connectivity index (χ4n) is 1.14. The predicted molar refractivity (Wildman–Crippen MR) is 59.8 cm³/mol. The summed E-state index contributed by atoms with van der Waals surface area (Å²) in [5.41, 5.74) is -0.305. The van der Waals surface area contributed by atoms with Crippen molar-refractivity contribution in [1.82, 2.24) is 9.97 Å². The molecule has 1 atom stereocenters. The van der Waals surface area contributed by atoms with Gasteiger partial charge in [-0.3, -0.25) is 10.1 Å². The normalized spacial score (nSPS) is 11.9. The number of rotatable bonds is 6. The Hall–Kier alpha value is -2.00. The molecule has 1 heterocycles. The summed E-state index contributed by atoms with van der Waals surface area (Å²) in [4.78, 5) is 17.7. The molecule has 0 aliphatic rings. The van der Waals surface area contributed by atoms with Crippen LogP contribution in [0.25, 0.3) is 0 Å². The first-order chi connectivity index (χ1) is 8.10. The van der Waals surface area contributed by atoms with Crippen molar-refractivity contribution in [3.05, 3.63) is 16.4 Å². The lowest BCUT2D eigenvalue weighted by Crippen LogP contribution is -2.24. The zero-order chi connectivity index (χ0) is 12.8. The van der Waals surface area contributed by atoms with E-state index in [1.165, 1.54) is 7.05 Å². The van der Waals surface area contributed by atoms with E-state index in [2.05, 4.69) is 20.6 Å². The lowest BCUT2D eigenvalue weighted by Gasteiger charge is -2.10. The van der Waals surface area contributed by atoms with Crippen LogP contribution >= 0.6 is 0 Å². The van der Waals surface area contributed by atoms with Crippen LogP contribution in [0.5, 0.6) is 0 Å². The zero-order valence-corrected chi connectivity index (χ0v) is 9.12. The highest BCUT2D eigenvalue weighted by Crippen LogP contribution is 2.28. The minimum absolute atomic E-state index is 0.0122.